The van der Waals surface area contributed by atoms with Crippen molar-refractivity contribution < 1.29 is 8.42 Å². The van der Waals surface area contributed by atoms with Crippen LogP contribution >= 0.6 is 11.3 Å². The normalized spacial score (nSPS) is 11.8. The Bertz CT molecular complexity index is 710. The lowest BCUT2D eigenvalue weighted by molar-refractivity contribution is 0.584. The Morgan fingerprint density at radius 1 is 1.24 bits per heavy atom. The third-order valence-electron chi connectivity index (χ3n) is 2.58. The van der Waals surface area contributed by atoms with E-state index < -0.39 is 10.0 Å². The molecule has 0 aliphatic carbocycles. The van der Waals surface area contributed by atoms with Crippen LogP contribution in [0.4, 0.5) is 5.13 Å². The molecule has 2 aromatic rings. The first-order valence-corrected chi connectivity index (χ1v) is 8.93. The Balaban J connectivity index is 2.43. The first-order valence-electron chi connectivity index (χ1n) is 6.63. The monoisotopic (exact) mass is 326 g/mol. The Hall–Kier alpha value is -1.51. The summed E-state index contributed by atoms with van der Waals surface area (Å²) in [6.45, 7) is 6.10. The maximum Gasteiger partial charge on any atom is 0.241 e. The van der Waals surface area contributed by atoms with Crippen LogP contribution in [0.1, 0.15) is 20.8 Å². The van der Waals surface area contributed by atoms with Crippen molar-refractivity contribution >= 4 is 26.5 Å². The average Bonchev–Trinajstić information content (AvgIpc) is 2.86. The molecule has 6 nitrogen and oxygen atoms in total. The van der Waals surface area contributed by atoms with Crippen LogP contribution in [0.5, 0.6) is 0 Å². The second-order valence-electron chi connectivity index (χ2n) is 4.71. The molecule has 0 radical (unpaired) electrons. The van der Waals surface area contributed by atoms with Crippen LogP contribution in [0.3, 0.4) is 0 Å². The molecule has 0 aliphatic rings. The van der Waals surface area contributed by atoms with Crippen LogP contribution < -0.4 is 10.0 Å². The van der Waals surface area contributed by atoms with E-state index in [2.05, 4.69) is 20.2 Å². The fourth-order valence-corrected chi connectivity index (χ4v) is 4.02. The van der Waals surface area contributed by atoms with E-state index in [0.717, 1.165) is 0 Å². The molecule has 0 unspecified atom stereocenters. The van der Waals surface area contributed by atoms with Gasteiger partial charge in [0.05, 0.1) is 4.90 Å². The molecule has 21 heavy (non-hydrogen) atoms. The minimum Gasteiger partial charge on any atom is -0.358 e. The molecule has 0 saturated heterocycles. The summed E-state index contributed by atoms with van der Waals surface area (Å²) in [6.07, 6.45) is 0. The van der Waals surface area contributed by atoms with Gasteiger partial charge in [0.1, 0.15) is 0 Å². The van der Waals surface area contributed by atoms with Gasteiger partial charge >= 0.3 is 0 Å². The molecule has 1 aromatic heterocycles. The van der Waals surface area contributed by atoms with Gasteiger partial charge in [0.25, 0.3) is 0 Å². The summed E-state index contributed by atoms with van der Waals surface area (Å²) in [7, 11) is -3.53. The van der Waals surface area contributed by atoms with Crippen LogP contribution in [0.15, 0.2) is 29.2 Å². The third-order valence-corrected chi connectivity index (χ3v) is 5.07. The van der Waals surface area contributed by atoms with Gasteiger partial charge in [0.15, 0.2) is 5.01 Å². The van der Waals surface area contributed by atoms with Gasteiger partial charge < -0.3 is 5.32 Å². The minimum absolute atomic E-state index is 0.221. The van der Waals surface area contributed by atoms with Crippen LogP contribution in [0, 0.1) is 0 Å². The molecule has 2 rings (SSSR count). The van der Waals surface area contributed by atoms with Crippen molar-refractivity contribution in [3.63, 3.8) is 0 Å². The lowest BCUT2D eigenvalue weighted by Crippen LogP contribution is -2.23. The van der Waals surface area contributed by atoms with Crippen molar-refractivity contribution in [1.29, 1.82) is 0 Å². The molecule has 2 N–H and O–H groups in total. The van der Waals surface area contributed by atoms with Crippen molar-refractivity contribution in [3.05, 3.63) is 24.3 Å². The van der Waals surface area contributed by atoms with Crippen LogP contribution in [0.25, 0.3) is 10.6 Å². The first kappa shape index (κ1) is 15.9. The van der Waals surface area contributed by atoms with Crippen LogP contribution in [0.2, 0.25) is 0 Å². The Labute approximate surface area is 128 Å². The summed E-state index contributed by atoms with van der Waals surface area (Å²) in [6, 6.07) is 7.04. The minimum atomic E-state index is -3.53. The zero-order valence-corrected chi connectivity index (χ0v) is 13.8. The molecule has 0 atom stereocenters. The number of hydrogen-bond acceptors (Lipinski definition) is 6. The lowest BCUT2D eigenvalue weighted by Gasteiger charge is -2.08. The molecule has 1 heterocycles. The Kier molecular flexibility index (Phi) is 4.92. The molecule has 0 aliphatic heterocycles. The van der Waals surface area contributed by atoms with Crippen molar-refractivity contribution in [1.82, 2.24) is 14.9 Å². The molecule has 0 spiro atoms. The highest BCUT2D eigenvalue weighted by Crippen LogP contribution is 2.31. The fourth-order valence-electron chi connectivity index (χ4n) is 1.78. The standard InChI is InChI=1S/C13H18N4O2S2/c1-4-14-21(18,19)11-8-6-5-7-10(11)12-16-17-13(20-12)15-9(2)3/h5-9,14H,4H2,1-3H3,(H,15,17). The van der Waals surface area contributed by atoms with Gasteiger partial charge in [-0.15, -0.1) is 10.2 Å². The molecule has 0 amide bonds. The predicted octanol–water partition coefficient (Wildman–Crippen LogP) is 2.32. The molecule has 114 valence electrons. The molecular weight excluding hydrogens is 308 g/mol. The van der Waals surface area contributed by atoms with E-state index in [9.17, 15) is 8.42 Å². The molecule has 0 saturated carbocycles. The number of nitrogens with zero attached hydrogens (tertiary/aromatic N) is 2. The van der Waals surface area contributed by atoms with Gasteiger partial charge in [-0.05, 0) is 19.9 Å². The van der Waals surface area contributed by atoms with Gasteiger partial charge in [-0.25, -0.2) is 13.1 Å². The van der Waals surface area contributed by atoms with Crippen LogP contribution in [-0.2, 0) is 10.0 Å². The van der Waals surface area contributed by atoms with Crippen molar-refractivity contribution in [3.8, 4) is 10.6 Å². The zero-order chi connectivity index (χ0) is 15.5. The SMILES string of the molecule is CCNS(=O)(=O)c1ccccc1-c1nnc(NC(C)C)s1. The van der Waals surface area contributed by atoms with E-state index in [0.29, 0.717) is 22.2 Å². The Morgan fingerprint density at radius 3 is 2.62 bits per heavy atom. The second kappa shape index (κ2) is 6.50. The average molecular weight is 326 g/mol. The lowest BCUT2D eigenvalue weighted by atomic mass is 10.2. The number of nitrogens with one attached hydrogen (secondary N) is 2. The van der Waals surface area contributed by atoms with E-state index in [1.54, 1.807) is 31.2 Å². The number of anilines is 1. The van der Waals surface area contributed by atoms with Crippen molar-refractivity contribution in [2.75, 3.05) is 11.9 Å². The van der Waals surface area contributed by atoms with E-state index >= 15 is 0 Å². The summed E-state index contributed by atoms with van der Waals surface area (Å²) in [5.74, 6) is 0. The summed E-state index contributed by atoms with van der Waals surface area (Å²) in [4.78, 5) is 0.221. The Morgan fingerprint density at radius 2 is 1.95 bits per heavy atom. The van der Waals surface area contributed by atoms with Crippen molar-refractivity contribution in [2.45, 2.75) is 31.7 Å². The predicted molar refractivity (Wildman–Crippen MR) is 85.0 cm³/mol. The van der Waals surface area contributed by atoms with E-state index in [1.807, 2.05) is 13.8 Å². The molecule has 1 aromatic carbocycles. The topological polar surface area (TPSA) is 84.0 Å². The van der Waals surface area contributed by atoms with Crippen LogP contribution in [-0.4, -0.2) is 31.2 Å². The number of rotatable bonds is 6. The zero-order valence-electron chi connectivity index (χ0n) is 12.1. The molecular formula is C13H18N4O2S2. The number of benzene rings is 1. The smallest absolute Gasteiger partial charge is 0.241 e. The number of hydrogen-bond donors (Lipinski definition) is 2. The van der Waals surface area contributed by atoms with Gasteiger partial charge in [-0.1, -0.05) is 36.5 Å². The van der Waals surface area contributed by atoms with Gasteiger partial charge in [0, 0.05) is 18.2 Å². The summed E-state index contributed by atoms with van der Waals surface area (Å²) in [5.41, 5.74) is 0.563. The second-order valence-corrected chi connectivity index (χ2v) is 7.42. The van der Waals surface area contributed by atoms with Crippen molar-refractivity contribution in [2.24, 2.45) is 0 Å². The quantitative estimate of drug-likeness (QED) is 0.851. The summed E-state index contributed by atoms with van der Waals surface area (Å²) < 4.78 is 27.0. The largest absolute Gasteiger partial charge is 0.358 e. The van der Waals surface area contributed by atoms with Gasteiger partial charge in [-0.2, -0.15) is 0 Å². The molecule has 0 bridgehead atoms. The molecule has 0 fully saturated rings. The van der Waals surface area contributed by atoms with E-state index in [-0.39, 0.29) is 10.9 Å². The fraction of sp³-hybridized carbons (Fsp3) is 0.385. The first-order chi connectivity index (χ1) is 9.94. The highest BCUT2D eigenvalue weighted by atomic mass is 32.2. The maximum atomic E-state index is 12.2. The van der Waals surface area contributed by atoms with Gasteiger partial charge in [-0.3, -0.25) is 0 Å². The van der Waals surface area contributed by atoms with Gasteiger partial charge in [0.2, 0.25) is 15.2 Å². The third kappa shape index (κ3) is 3.78. The van der Waals surface area contributed by atoms with E-state index in [4.69, 9.17) is 0 Å². The summed E-state index contributed by atoms with van der Waals surface area (Å²) >= 11 is 1.34. The highest BCUT2D eigenvalue weighted by Gasteiger charge is 2.20. The highest BCUT2D eigenvalue weighted by molar-refractivity contribution is 7.89. The van der Waals surface area contributed by atoms with E-state index in [1.165, 1.54) is 11.3 Å². The number of aromatic nitrogens is 2. The molecule has 8 heteroatoms. The summed E-state index contributed by atoms with van der Waals surface area (Å²) in [5, 5.41) is 12.5. The maximum absolute atomic E-state index is 12.2. The number of sulfonamides is 1.